The molecule has 174 valence electrons. The molecule has 0 saturated heterocycles. The molecule has 3 N–H and O–H groups in total. The van der Waals surface area contributed by atoms with Gasteiger partial charge in [0.25, 0.3) is 30.4 Å². The van der Waals surface area contributed by atoms with Crippen molar-refractivity contribution < 1.29 is 141 Å². The summed E-state index contributed by atoms with van der Waals surface area (Å²) in [5.41, 5.74) is 0. The first kappa shape index (κ1) is 33.1. The van der Waals surface area contributed by atoms with Gasteiger partial charge in [0.1, 0.15) is 20.4 Å². The molecule has 0 aliphatic heterocycles. The van der Waals surface area contributed by atoms with E-state index in [4.69, 9.17) is 4.74 Å². The second kappa shape index (κ2) is 11.1. The normalized spacial score (nSPS) is 12.1. The maximum Gasteiger partial charge on any atom is 1.00 e. The fourth-order valence-electron chi connectivity index (χ4n) is 3.75. The van der Waals surface area contributed by atoms with E-state index < -0.39 is 51.0 Å². The Balaban J connectivity index is -0.00000204. The molecule has 4 rings (SSSR count). The first-order chi connectivity index (χ1) is 14.6. The van der Waals surface area contributed by atoms with E-state index in [9.17, 15) is 43.7 Å². The largest absolute Gasteiger partial charge is 1.00 e. The molecule has 0 heterocycles. The van der Waals surface area contributed by atoms with Gasteiger partial charge in [-0.3, -0.25) is 18.5 Å². The van der Waals surface area contributed by atoms with Crippen LogP contribution in [-0.4, -0.2) is 44.9 Å². The fourth-order valence-corrected chi connectivity index (χ4v) is 5.95. The maximum absolute atomic E-state index is 12.0. The van der Waals surface area contributed by atoms with E-state index in [0.29, 0.717) is 6.07 Å². The number of carbonyl (C=O) groups excluding carboxylic acids is 1. The third kappa shape index (κ3) is 6.08. The van der Waals surface area contributed by atoms with Gasteiger partial charge in [-0.15, -0.1) is 0 Å². The van der Waals surface area contributed by atoms with Crippen LogP contribution in [0.1, 0.15) is 11.2 Å². The maximum atomic E-state index is 12.0. The van der Waals surface area contributed by atoms with Crippen LogP contribution in [-0.2, 0) is 35.1 Å². The molecule has 0 atom stereocenters. The van der Waals surface area contributed by atoms with Crippen LogP contribution in [0.15, 0.2) is 51.1 Å². The van der Waals surface area contributed by atoms with E-state index in [1.807, 2.05) is 0 Å². The standard InChI is InChI=1S/C18H12O11S3.3Na.3H/c1-8(19)29-13-6-14(30(20,21)22)10-4-5-12-16(32(26,27)28)7-15(31(23,24)25)11-3-2-9(13)17(10)18(11)12;;;;;;/h2-7H,1H3,(H,20,21,22)(H,23,24,25)(H,26,27,28);;;;;;/q;3*+1;3*-1. The number of hydrogen-bond acceptors (Lipinski definition) is 8. The summed E-state index contributed by atoms with van der Waals surface area (Å²) in [6, 6.07) is 6.20. The van der Waals surface area contributed by atoms with Crippen LogP contribution in [0.3, 0.4) is 0 Å². The molecule has 0 aromatic heterocycles. The van der Waals surface area contributed by atoms with Gasteiger partial charge in [-0.1, -0.05) is 18.2 Å². The second-order valence-corrected chi connectivity index (χ2v) is 11.0. The second-order valence-electron chi connectivity index (χ2n) is 6.84. The number of ether oxygens (including phenoxy) is 1. The summed E-state index contributed by atoms with van der Waals surface area (Å²) in [7, 11) is -14.9. The Hall–Kier alpha value is 0.120. The van der Waals surface area contributed by atoms with Crippen molar-refractivity contribution in [1.29, 1.82) is 0 Å². The van der Waals surface area contributed by atoms with Gasteiger partial charge in [-0.05, 0) is 12.1 Å². The Labute approximate surface area is 270 Å². The van der Waals surface area contributed by atoms with Gasteiger partial charge in [-0.2, -0.15) is 25.3 Å². The Morgan fingerprint density at radius 2 is 0.971 bits per heavy atom. The van der Waals surface area contributed by atoms with E-state index in [2.05, 4.69) is 0 Å². The number of benzene rings is 4. The molecule has 11 nitrogen and oxygen atoms in total. The van der Waals surface area contributed by atoms with Crippen molar-refractivity contribution in [2.45, 2.75) is 21.6 Å². The molecule has 0 spiro atoms. The SMILES string of the molecule is CC(=O)Oc1cc(S(=O)(=O)O)c2ccc3c(S(=O)(=O)O)cc(S(=O)(=O)O)c4ccc1c2c43.[H-].[H-].[H-].[Na+].[Na+].[Na+]. The first-order valence-electron chi connectivity index (χ1n) is 8.50. The summed E-state index contributed by atoms with van der Waals surface area (Å²) in [6.45, 7) is 1.04. The summed E-state index contributed by atoms with van der Waals surface area (Å²) in [5.74, 6) is -1.14. The summed E-state index contributed by atoms with van der Waals surface area (Å²) < 4.78 is 106. The minimum atomic E-state index is -5.01. The first-order valence-corrected chi connectivity index (χ1v) is 12.8. The average molecular weight is 572 g/mol. The predicted octanol–water partition coefficient (Wildman–Crippen LogP) is -6.40. The average Bonchev–Trinajstić information content (AvgIpc) is 2.63. The molecule has 0 fully saturated rings. The Bertz CT molecular complexity index is 1760. The van der Waals surface area contributed by atoms with Crippen LogP contribution in [0.5, 0.6) is 5.75 Å². The third-order valence-electron chi connectivity index (χ3n) is 4.83. The van der Waals surface area contributed by atoms with Crippen molar-refractivity contribution >= 4 is 68.6 Å². The molecule has 4 aromatic carbocycles. The number of hydrogen-bond donors (Lipinski definition) is 3. The van der Waals surface area contributed by atoms with Gasteiger partial charge in [0.15, 0.2) is 0 Å². The number of rotatable bonds is 4. The van der Waals surface area contributed by atoms with E-state index in [1.54, 1.807) is 0 Å². The zero-order valence-corrected chi connectivity index (χ0v) is 27.2. The van der Waals surface area contributed by atoms with Crippen LogP contribution in [0.25, 0.3) is 32.3 Å². The molecule has 0 amide bonds. The molecule has 0 aliphatic carbocycles. The number of carbonyl (C=O) groups is 1. The smallest absolute Gasteiger partial charge is 1.00 e. The van der Waals surface area contributed by atoms with Crippen LogP contribution >= 0.6 is 0 Å². The predicted molar refractivity (Wildman–Crippen MR) is 114 cm³/mol. The molecule has 0 unspecified atom stereocenters. The molecule has 17 heteroatoms. The van der Waals surface area contributed by atoms with E-state index in [0.717, 1.165) is 25.1 Å². The Morgan fingerprint density at radius 3 is 1.31 bits per heavy atom. The molecule has 0 radical (unpaired) electrons. The van der Waals surface area contributed by atoms with E-state index in [-0.39, 0.29) is 131 Å². The quantitative estimate of drug-likeness (QED) is 0.0693. The zero-order chi connectivity index (χ0) is 23.8. The van der Waals surface area contributed by atoms with Crippen molar-refractivity contribution in [2.24, 2.45) is 0 Å². The van der Waals surface area contributed by atoms with Gasteiger partial charge in [0.05, 0.1) is 0 Å². The van der Waals surface area contributed by atoms with E-state index in [1.165, 1.54) is 12.1 Å². The monoisotopic (exact) mass is 572 g/mol. The molecule has 35 heavy (non-hydrogen) atoms. The van der Waals surface area contributed by atoms with Crippen molar-refractivity contribution in [3.63, 3.8) is 0 Å². The van der Waals surface area contributed by atoms with Crippen LogP contribution < -0.4 is 93.4 Å². The van der Waals surface area contributed by atoms with Crippen molar-refractivity contribution in [3.05, 3.63) is 36.4 Å². The van der Waals surface area contributed by atoms with Gasteiger partial charge in [0.2, 0.25) is 0 Å². The fraction of sp³-hybridized carbons (Fsp3) is 0.0556. The summed E-state index contributed by atoms with van der Waals surface area (Å²) in [5, 5.41) is -0.716. The zero-order valence-electron chi connectivity index (χ0n) is 21.8. The Kier molecular flexibility index (Phi) is 10.5. The van der Waals surface area contributed by atoms with Gasteiger partial charge in [-0.25, -0.2) is 0 Å². The minimum Gasteiger partial charge on any atom is -1.00 e. The molecule has 0 bridgehead atoms. The molecule has 4 aromatic rings. The van der Waals surface area contributed by atoms with Crippen LogP contribution in [0.4, 0.5) is 0 Å². The van der Waals surface area contributed by atoms with Gasteiger partial charge < -0.3 is 9.02 Å². The number of esters is 1. The topological polar surface area (TPSA) is 189 Å². The molecular formula is C18H15Na3O11S3. The molecule has 0 aliphatic rings. The molecular weight excluding hydrogens is 557 g/mol. The summed E-state index contributed by atoms with van der Waals surface area (Å²) in [6.07, 6.45) is 0. The minimum absolute atomic E-state index is 0. The van der Waals surface area contributed by atoms with Crippen molar-refractivity contribution in [2.75, 3.05) is 0 Å². The summed E-state index contributed by atoms with van der Waals surface area (Å²) in [4.78, 5) is 9.13. The van der Waals surface area contributed by atoms with Crippen molar-refractivity contribution in [1.82, 2.24) is 0 Å². The van der Waals surface area contributed by atoms with Gasteiger partial charge in [0, 0.05) is 45.3 Å². The van der Waals surface area contributed by atoms with Crippen LogP contribution in [0.2, 0.25) is 0 Å². The van der Waals surface area contributed by atoms with Gasteiger partial charge >= 0.3 is 94.6 Å². The summed E-state index contributed by atoms with van der Waals surface area (Å²) >= 11 is 0. The Morgan fingerprint density at radius 1 is 0.657 bits per heavy atom. The molecule has 0 saturated carbocycles. The van der Waals surface area contributed by atoms with Crippen LogP contribution in [0, 0.1) is 0 Å². The third-order valence-corrected chi connectivity index (χ3v) is 7.52. The van der Waals surface area contributed by atoms with E-state index >= 15 is 0 Å². The van der Waals surface area contributed by atoms with Crippen molar-refractivity contribution in [3.8, 4) is 5.75 Å².